The van der Waals surface area contributed by atoms with Crippen molar-refractivity contribution in [3.63, 3.8) is 0 Å². The van der Waals surface area contributed by atoms with Gasteiger partial charge in [-0.15, -0.1) is 0 Å². The molecular formula is C12H21NO4. The third-order valence-electron chi connectivity index (χ3n) is 2.83. The van der Waals surface area contributed by atoms with Crippen molar-refractivity contribution in [2.45, 2.75) is 39.2 Å². The molecule has 1 rings (SSSR count). The molecular weight excluding hydrogens is 222 g/mol. The minimum absolute atomic E-state index is 0.0741. The van der Waals surface area contributed by atoms with Crippen LogP contribution in [0.25, 0.3) is 0 Å². The number of carbonyl (C=O) groups excluding carboxylic acids is 2. The van der Waals surface area contributed by atoms with Gasteiger partial charge in [-0.1, -0.05) is 0 Å². The number of alkyl carbamates (subject to hydrolysis) is 1. The molecule has 5 nitrogen and oxygen atoms in total. The highest BCUT2D eigenvalue weighted by molar-refractivity contribution is 5.74. The van der Waals surface area contributed by atoms with Crippen LogP contribution >= 0.6 is 0 Å². The van der Waals surface area contributed by atoms with Crippen molar-refractivity contribution in [2.75, 3.05) is 13.7 Å². The van der Waals surface area contributed by atoms with Crippen molar-refractivity contribution in [1.29, 1.82) is 0 Å². The Hall–Kier alpha value is -1.26. The average molecular weight is 243 g/mol. The number of nitrogens with one attached hydrogen (secondary N) is 1. The molecule has 1 amide bonds. The maximum Gasteiger partial charge on any atom is 0.407 e. The smallest absolute Gasteiger partial charge is 0.407 e. The van der Waals surface area contributed by atoms with Crippen LogP contribution in [0.15, 0.2) is 0 Å². The normalized spacial score (nSPS) is 23.5. The Morgan fingerprint density at radius 2 is 1.94 bits per heavy atom. The topological polar surface area (TPSA) is 64.6 Å². The van der Waals surface area contributed by atoms with Crippen LogP contribution in [0, 0.1) is 11.8 Å². The van der Waals surface area contributed by atoms with E-state index in [2.05, 4.69) is 10.1 Å². The van der Waals surface area contributed by atoms with Crippen LogP contribution in [0.3, 0.4) is 0 Å². The Bertz CT molecular complexity index is 295. The Morgan fingerprint density at radius 1 is 1.29 bits per heavy atom. The van der Waals surface area contributed by atoms with Gasteiger partial charge in [-0.3, -0.25) is 4.79 Å². The summed E-state index contributed by atoms with van der Waals surface area (Å²) >= 11 is 0. The van der Waals surface area contributed by atoms with E-state index < -0.39 is 11.7 Å². The molecule has 0 unspecified atom stereocenters. The summed E-state index contributed by atoms with van der Waals surface area (Å²) in [5.74, 6) is -0.0860. The zero-order valence-corrected chi connectivity index (χ0v) is 10.9. The summed E-state index contributed by atoms with van der Waals surface area (Å²) in [4.78, 5) is 22.7. The fourth-order valence-corrected chi connectivity index (χ4v) is 1.80. The number of amides is 1. The molecule has 17 heavy (non-hydrogen) atoms. The zero-order chi connectivity index (χ0) is 13.1. The summed E-state index contributed by atoms with van der Waals surface area (Å²) < 4.78 is 9.80. The number of carbonyl (C=O) groups is 2. The van der Waals surface area contributed by atoms with Gasteiger partial charge in [0.25, 0.3) is 0 Å². The number of esters is 1. The number of hydrogen-bond acceptors (Lipinski definition) is 4. The molecule has 0 spiro atoms. The van der Waals surface area contributed by atoms with Gasteiger partial charge in [0.2, 0.25) is 0 Å². The number of hydrogen-bond donors (Lipinski definition) is 1. The van der Waals surface area contributed by atoms with E-state index in [1.54, 1.807) is 0 Å². The van der Waals surface area contributed by atoms with E-state index in [1.165, 1.54) is 7.11 Å². The molecule has 1 N–H and O–H groups in total. The van der Waals surface area contributed by atoms with Crippen LogP contribution < -0.4 is 5.32 Å². The van der Waals surface area contributed by atoms with Gasteiger partial charge in [0.15, 0.2) is 0 Å². The minimum atomic E-state index is -0.495. The van der Waals surface area contributed by atoms with E-state index in [1.807, 2.05) is 20.8 Å². The van der Waals surface area contributed by atoms with Gasteiger partial charge in [-0.2, -0.15) is 0 Å². The SMILES string of the molecule is COC(=O)[C@H]1CC[C@H]1CNC(=O)OC(C)(C)C. The lowest BCUT2D eigenvalue weighted by Crippen LogP contribution is -2.43. The predicted molar refractivity (Wildman–Crippen MR) is 62.5 cm³/mol. The first kappa shape index (κ1) is 13.8. The quantitative estimate of drug-likeness (QED) is 0.766. The highest BCUT2D eigenvalue weighted by Gasteiger charge is 2.37. The maximum atomic E-state index is 11.4. The highest BCUT2D eigenvalue weighted by atomic mass is 16.6. The van der Waals surface area contributed by atoms with E-state index in [4.69, 9.17) is 4.74 Å². The molecule has 0 radical (unpaired) electrons. The monoisotopic (exact) mass is 243 g/mol. The predicted octanol–water partition coefficient (Wildman–Crippen LogP) is 1.71. The second-order valence-electron chi connectivity index (χ2n) is 5.35. The molecule has 1 aliphatic carbocycles. The Labute approximate surface area is 102 Å². The lowest BCUT2D eigenvalue weighted by molar-refractivity contribution is -0.151. The van der Waals surface area contributed by atoms with Crippen LogP contribution in [-0.4, -0.2) is 31.3 Å². The molecule has 0 aromatic rings. The van der Waals surface area contributed by atoms with Crippen molar-refractivity contribution in [1.82, 2.24) is 5.32 Å². The molecule has 0 aromatic carbocycles. The Morgan fingerprint density at radius 3 is 2.35 bits per heavy atom. The molecule has 2 atom stereocenters. The molecule has 0 aliphatic heterocycles. The van der Waals surface area contributed by atoms with Gasteiger partial charge in [0, 0.05) is 6.54 Å². The lowest BCUT2D eigenvalue weighted by atomic mass is 9.73. The standard InChI is InChI=1S/C12H21NO4/c1-12(2,3)17-11(15)13-7-8-5-6-9(8)10(14)16-4/h8-9H,5-7H2,1-4H3,(H,13,15)/t8-,9-/m0/s1. The molecule has 98 valence electrons. The highest BCUT2D eigenvalue weighted by Crippen LogP contribution is 2.34. The molecule has 5 heteroatoms. The fourth-order valence-electron chi connectivity index (χ4n) is 1.80. The molecule has 1 fully saturated rings. The van der Waals surface area contributed by atoms with Crippen LogP contribution in [-0.2, 0) is 14.3 Å². The van der Waals surface area contributed by atoms with Crippen LogP contribution in [0.1, 0.15) is 33.6 Å². The summed E-state index contributed by atoms with van der Waals surface area (Å²) in [6.07, 6.45) is 1.34. The van der Waals surface area contributed by atoms with Crippen molar-refractivity contribution < 1.29 is 19.1 Å². The van der Waals surface area contributed by atoms with Crippen LogP contribution in [0.2, 0.25) is 0 Å². The van der Waals surface area contributed by atoms with E-state index in [-0.39, 0.29) is 17.8 Å². The van der Waals surface area contributed by atoms with Crippen molar-refractivity contribution in [3.8, 4) is 0 Å². The number of ether oxygens (including phenoxy) is 2. The van der Waals surface area contributed by atoms with Gasteiger partial charge < -0.3 is 14.8 Å². The van der Waals surface area contributed by atoms with E-state index in [0.29, 0.717) is 6.54 Å². The molecule has 0 bridgehead atoms. The Balaban J connectivity index is 2.27. The summed E-state index contributed by atoms with van der Waals surface area (Å²) in [6, 6.07) is 0. The molecule has 0 saturated heterocycles. The number of methoxy groups -OCH3 is 1. The lowest BCUT2D eigenvalue weighted by Gasteiger charge is -2.34. The first-order chi connectivity index (χ1) is 7.83. The van der Waals surface area contributed by atoms with Gasteiger partial charge in [-0.05, 0) is 39.5 Å². The molecule has 0 aromatic heterocycles. The van der Waals surface area contributed by atoms with Gasteiger partial charge in [0.1, 0.15) is 5.60 Å². The zero-order valence-electron chi connectivity index (χ0n) is 10.9. The first-order valence-electron chi connectivity index (χ1n) is 5.88. The largest absolute Gasteiger partial charge is 0.469 e. The number of rotatable bonds is 3. The third kappa shape index (κ3) is 4.24. The first-order valence-corrected chi connectivity index (χ1v) is 5.88. The molecule has 1 aliphatic rings. The van der Waals surface area contributed by atoms with Gasteiger partial charge in [-0.25, -0.2) is 4.79 Å². The van der Waals surface area contributed by atoms with E-state index in [0.717, 1.165) is 12.8 Å². The molecule has 0 heterocycles. The van der Waals surface area contributed by atoms with Crippen molar-refractivity contribution in [2.24, 2.45) is 11.8 Å². The van der Waals surface area contributed by atoms with Crippen molar-refractivity contribution in [3.05, 3.63) is 0 Å². The van der Waals surface area contributed by atoms with Crippen LogP contribution in [0.5, 0.6) is 0 Å². The second kappa shape index (κ2) is 5.38. The van der Waals surface area contributed by atoms with E-state index in [9.17, 15) is 9.59 Å². The second-order valence-corrected chi connectivity index (χ2v) is 5.35. The van der Waals surface area contributed by atoms with Gasteiger partial charge >= 0.3 is 12.1 Å². The summed E-state index contributed by atoms with van der Waals surface area (Å²) in [7, 11) is 1.39. The van der Waals surface area contributed by atoms with Crippen LogP contribution in [0.4, 0.5) is 4.79 Å². The fraction of sp³-hybridized carbons (Fsp3) is 0.833. The minimum Gasteiger partial charge on any atom is -0.469 e. The summed E-state index contributed by atoms with van der Waals surface area (Å²) in [5.41, 5.74) is -0.495. The Kier molecular flexibility index (Phi) is 4.37. The summed E-state index contributed by atoms with van der Waals surface area (Å²) in [6.45, 7) is 5.90. The molecule has 1 saturated carbocycles. The maximum absolute atomic E-state index is 11.4. The van der Waals surface area contributed by atoms with Gasteiger partial charge in [0.05, 0.1) is 13.0 Å². The van der Waals surface area contributed by atoms with E-state index >= 15 is 0 Å². The average Bonchev–Trinajstić information content (AvgIpc) is 2.13. The third-order valence-corrected chi connectivity index (χ3v) is 2.83. The summed E-state index contributed by atoms with van der Waals surface area (Å²) in [5, 5.41) is 2.68. The van der Waals surface area contributed by atoms with Crippen molar-refractivity contribution >= 4 is 12.1 Å².